The average Bonchev–Trinajstić information content (AvgIpc) is 2.41. The van der Waals surface area contributed by atoms with Gasteiger partial charge in [0.15, 0.2) is 0 Å². The monoisotopic (exact) mass is 273 g/mol. The number of nitrogens with zero attached hydrogens (tertiary/aromatic N) is 2. The zero-order chi connectivity index (χ0) is 14.7. The smallest absolute Gasteiger partial charge is 0.339 e. The average molecular weight is 273 g/mol. The molecule has 7 nitrogen and oxygen atoms in total. The maximum atomic E-state index is 11.1. The fourth-order valence-corrected chi connectivity index (χ4v) is 1.71. The Morgan fingerprint density at radius 2 is 2.15 bits per heavy atom. The van der Waals surface area contributed by atoms with Crippen LogP contribution in [-0.4, -0.2) is 21.0 Å². The molecule has 1 aromatic carbocycles. The molecule has 0 radical (unpaired) electrons. The molecule has 7 heteroatoms. The van der Waals surface area contributed by atoms with Gasteiger partial charge in [-0.3, -0.25) is 15.1 Å². The van der Waals surface area contributed by atoms with E-state index < -0.39 is 10.9 Å². The molecular weight excluding hydrogens is 262 g/mol. The standard InChI is InChI=1S/C13H11N3O4/c1-8-2-3-9(6-12(8)16(19)20)15-11-4-5-14-7-10(11)13(17)18/h2-7H,1H3,(H,14,15)(H,17,18). The van der Waals surface area contributed by atoms with Crippen molar-refractivity contribution in [3.05, 3.63) is 57.9 Å². The van der Waals surface area contributed by atoms with Crippen molar-refractivity contribution in [3.8, 4) is 0 Å². The number of aromatic nitrogens is 1. The zero-order valence-electron chi connectivity index (χ0n) is 10.5. The van der Waals surface area contributed by atoms with E-state index >= 15 is 0 Å². The largest absolute Gasteiger partial charge is 0.478 e. The van der Waals surface area contributed by atoms with Crippen LogP contribution in [0.1, 0.15) is 15.9 Å². The Bertz CT molecular complexity index is 685. The second-order valence-corrected chi connectivity index (χ2v) is 4.11. The van der Waals surface area contributed by atoms with Crippen molar-refractivity contribution in [2.24, 2.45) is 0 Å². The van der Waals surface area contributed by atoms with E-state index in [9.17, 15) is 14.9 Å². The molecule has 2 N–H and O–H groups in total. The summed E-state index contributed by atoms with van der Waals surface area (Å²) in [5.74, 6) is -1.12. The summed E-state index contributed by atoms with van der Waals surface area (Å²) in [4.78, 5) is 25.2. The van der Waals surface area contributed by atoms with Crippen molar-refractivity contribution in [2.75, 3.05) is 5.32 Å². The van der Waals surface area contributed by atoms with Gasteiger partial charge in [0.25, 0.3) is 5.69 Å². The number of nitro groups is 1. The first-order valence-electron chi connectivity index (χ1n) is 5.68. The third-order valence-electron chi connectivity index (χ3n) is 2.74. The van der Waals surface area contributed by atoms with Crippen LogP contribution in [0.25, 0.3) is 0 Å². The molecule has 1 heterocycles. The van der Waals surface area contributed by atoms with Crippen LogP contribution in [0.3, 0.4) is 0 Å². The highest BCUT2D eigenvalue weighted by atomic mass is 16.6. The zero-order valence-corrected chi connectivity index (χ0v) is 10.5. The van der Waals surface area contributed by atoms with Crippen LogP contribution in [0.15, 0.2) is 36.7 Å². The number of hydrogen-bond acceptors (Lipinski definition) is 5. The number of pyridine rings is 1. The van der Waals surface area contributed by atoms with E-state index in [4.69, 9.17) is 5.11 Å². The summed E-state index contributed by atoms with van der Waals surface area (Å²) in [7, 11) is 0. The summed E-state index contributed by atoms with van der Waals surface area (Å²) in [6.07, 6.45) is 2.66. The molecular formula is C13H11N3O4. The van der Waals surface area contributed by atoms with Crippen LogP contribution < -0.4 is 5.32 Å². The number of rotatable bonds is 4. The predicted octanol–water partition coefficient (Wildman–Crippen LogP) is 2.74. The summed E-state index contributed by atoms with van der Waals surface area (Å²) in [6, 6.07) is 6.10. The number of aromatic carboxylic acids is 1. The lowest BCUT2D eigenvalue weighted by molar-refractivity contribution is -0.385. The molecule has 0 amide bonds. The lowest BCUT2D eigenvalue weighted by Gasteiger charge is -2.09. The highest BCUT2D eigenvalue weighted by Crippen LogP contribution is 2.26. The van der Waals surface area contributed by atoms with E-state index in [2.05, 4.69) is 10.3 Å². The van der Waals surface area contributed by atoms with Crippen LogP contribution in [-0.2, 0) is 0 Å². The van der Waals surface area contributed by atoms with E-state index in [0.717, 1.165) is 0 Å². The molecule has 0 saturated heterocycles. The molecule has 0 aliphatic rings. The third kappa shape index (κ3) is 2.72. The van der Waals surface area contributed by atoms with E-state index in [1.165, 1.54) is 24.5 Å². The molecule has 20 heavy (non-hydrogen) atoms. The number of nitrogens with one attached hydrogen (secondary N) is 1. The second kappa shape index (κ2) is 5.35. The lowest BCUT2D eigenvalue weighted by Crippen LogP contribution is -2.03. The minimum atomic E-state index is -1.12. The lowest BCUT2D eigenvalue weighted by atomic mass is 10.1. The quantitative estimate of drug-likeness (QED) is 0.655. The summed E-state index contributed by atoms with van der Waals surface area (Å²) in [5, 5.41) is 22.8. The van der Waals surface area contributed by atoms with E-state index in [1.54, 1.807) is 19.1 Å². The molecule has 2 aromatic rings. The summed E-state index contributed by atoms with van der Waals surface area (Å²) >= 11 is 0. The predicted molar refractivity (Wildman–Crippen MR) is 72.3 cm³/mol. The Hall–Kier alpha value is -2.96. The Morgan fingerprint density at radius 3 is 2.80 bits per heavy atom. The van der Waals surface area contributed by atoms with Crippen molar-refractivity contribution in [2.45, 2.75) is 6.92 Å². The number of nitro benzene ring substituents is 1. The van der Waals surface area contributed by atoms with Crippen LogP contribution in [0.5, 0.6) is 0 Å². The van der Waals surface area contributed by atoms with Gasteiger partial charge in [-0.25, -0.2) is 4.79 Å². The van der Waals surface area contributed by atoms with E-state index in [-0.39, 0.29) is 11.3 Å². The maximum absolute atomic E-state index is 11.1. The van der Waals surface area contributed by atoms with Crippen molar-refractivity contribution >= 4 is 23.0 Å². The van der Waals surface area contributed by atoms with Gasteiger partial charge in [0.1, 0.15) is 5.56 Å². The Morgan fingerprint density at radius 1 is 1.40 bits per heavy atom. The van der Waals surface area contributed by atoms with Gasteiger partial charge >= 0.3 is 5.97 Å². The first-order chi connectivity index (χ1) is 9.49. The van der Waals surface area contributed by atoms with Gasteiger partial charge in [-0.1, -0.05) is 6.07 Å². The number of aryl methyl sites for hydroxylation is 1. The topological polar surface area (TPSA) is 105 Å². The minimum Gasteiger partial charge on any atom is -0.478 e. The second-order valence-electron chi connectivity index (χ2n) is 4.11. The normalized spacial score (nSPS) is 10.1. The number of benzene rings is 1. The molecule has 0 aliphatic carbocycles. The number of hydrogen-bond donors (Lipinski definition) is 2. The van der Waals surface area contributed by atoms with E-state index in [0.29, 0.717) is 16.9 Å². The van der Waals surface area contributed by atoms with Crippen LogP contribution in [0, 0.1) is 17.0 Å². The van der Waals surface area contributed by atoms with Gasteiger partial charge in [0, 0.05) is 29.7 Å². The number of anilines is 2. The SMILES string of the molecule is Cc1ccc(Nc2ccncc2C(=O)O)cc1[N+](=O)[O-]. The van der Waals surface area contributed by atoms with Gasteiger partial charge in [0.05, 0.1) is 10.6 Å². The molecule has 0 saturated carbocycles. The van der Waals surface area contributed by atoms with Crippen molar-refractivity contribution in [1.29, 1.82) is 0 Å². The van der Waals surface area contributed by atoms with Crippen LogP contribution in [0.4, 0.5) is 17.1 Å². The van der Waals surface area contributed by atoms with Gasteiger partial charge < -0.3 is 10.4 Å². The molecule has 0 aliphatic heterocycles. The van der Waals surface area contributed by atoms with Crippen molar-refractivity contribution in [3.63, 3.8) is 0 Å². The van der Waals surface area contributed by atoms with Crippen molar-refractivity contribution < 1.29 is 14.8 Å². The molecule has 0 fully saturated rings. The number of carboxylic acids is 1. The fraction of sp³-hybridized carbons (Fsp3) is 0.0769. The molecule has 0 atom stereocenters. The fourth-order valence-electron chi connectivity index (χ4n) is 1.71. The third-order valence-corrected chi connectivity index (χ3v) is 2.74. The first-order valence-corrected chi connectivity index (χ1v) is 5.68. The highest BCUT2D eigenvalue weighted by Gasteiger charge is 2.13. The minimum absolute atomic E-state index is 0.00396. The van der Waals surface area contributed by atoms with Gasteiger partial charge in [-0.05, 0) is 19.1 Å². The maximum Gasteiger partial charge on any atom is 0.339 e. The summed E-state index contributed by atoms with van der Waals surface area (Å²) < 4.78 is 0. The molecule has 0 unspecified atom stereocenters. The van der Waals surface area contributed by atoms with Gasteiger partial charge in [-0.2, -0.15) is 0 Å². The first kappa shape index (κ1) is 13.5. The number of carboxylic acid groups (broad SMARTS) is 1. The van der Waals surface area contributed by atoms with Gasteiger partial charge in [0.2, 0.25) is 0 Å². The van der Waals surface area contributed by atoms with Crippen molar-refractivity contribution in [1.82, 2.24) is 4.98 Å². The molecule has 2 rings (SSSR count). The molecule has 1 aromatic heterocycles. The summed E-state index contributed by atoms with van der Waals surface area (Å²) in [5.41, 5.74) is 1.27. The Labute approximate surface area is 114 Å². The molecule has 102 valence electrons. The van der Waals surface area contributed by atoms with Crippen LogP contribution in [0.2, 0.25) is 0 Å². The van der Waals surface area contributed by atoms with Gasteiger partial charge in [-0.15, -0.1) is 0 Å². The van der Waals surface area contributed by atoms with Crippen LogP contribution >= 0.6 is 0 Å². The van der Waals surface area contributed by atoms with E-state index in [1.807, 2.05) is 0 Å². The summed E-state index contributed by atoms with van der Waals surface area (Å²) in [6.45, 7) is 1.64. The Kier molecular flexibility index (Phi) is 3.60. The highest BCUT2D eigenvalue weighted by molar-refractivity contribution is 5.94. The number of carbonyl (C=O) groups is 1. The molecule has 0 spiro atoms. The molecule has 0 bridgehead atoms. The Balaban J connectivity index is 2.38.